The molecule has 1 rings (SSSR count). The number of hydrogen-bond acceptors (Lipinski definition) is 7. The van der Waals surface area contributed by atoms with Crippen LogP contribution in [0.4, 0.5) is 0 Å². The molecule has 7 heteroatoms. The van der Waals surface area contributed by atoms with Gasteiger partial charge in [-0.15, -0.1) is 0 Å². The zero-order chi connectivity index (χ0) is 19.9. The second-order valence-corrected chi connectivity index (χ2v) is 8.08. The van der Waals surface area contributed by atoms with Gasteiger partial charge in [-0.2, -0.15) is 0 Å². The molecular weight excluding hydrogens is 338 g/mol. The highest BCUT2D eigenvalue weighted by Gasteiger charge is 2.43. The molecule has 154 valence electrons. The highest BCUT2D eigenvalue weighted by molar-refractivity contribution is 5.82. The fourth-order valence-corrected chi connectivity index (χ4v) is 3.45. The molecule has 1 aliphatic heterocycles. The van der Waals surface area contributed by atoms with Crippen LogP contribution in [0.15, 0.2) is 0 Å². The van der Waals surface area contributed by atoms with Crippen LogP contribution in [0.3, 0.4) is 0 Å². The van der Waals surface area contributed by atoms with E-state index in [-0.39, 0.29) is 11.8 Å². The smallest absolute Gasteiger partial charge is 0.138 e. The fourth-order valence-electron chi connectivity index (χ4n) is 3.45. The van der Waals surface area contributed by atoms with E-state index < -0.39 is 37.3 Å². The molecule has 1 fully saturated rings. The highest BCUT2D eigenvalue weighted by Crippen LogP contribution is 2.23. The summed E-state index contributed by atoms with van der Waals surface area (Å²) in [5.74, 6) is 0.934. The molecule has 0 bridgehead atoms. The van der Waals surface area contributed by atoms with Gasteiger partial charge in [0.25, 0.3) is 0 Å². The van der Waals surface area contributed by atoms with Gasteiger partial charge in [0.2, 0.25) is 0 Å². The summed E-state index contributed by atoms with van der Waals surface area (Å²) in [5, 5.41) is 41.7. The van der Waals surface area contributed by atoms with Crippen molar-refractivity contribution in [1.29, 1.82) is 0 Å². The van der Waals surface area contributed by atoms with Crippen LogP contribution in [0, 0.1) is 17.8 Å². The van der Waals surface area contributed by atoms with E-state index in [4.69, 9.17) is 4.74 Å². The van der Waals surface area contributed by atoms with E-state index in [0.29, 0.717) is 18.2 Å². The van der Waals surface area contributed by atoms with Crippen molar-refractivity contribution in [3.8, 4) is 0 Å². The first-order chi connectivity index (χ1) is 12.2. The number of hydrogen-bond donors (Lipinski definition) is 5. The maximum Gasteiger partial charge on any atom is 0.138 e. The van der Waals surface area contributed by atoms with Gasteiger partial charge in [0.15, 0.2) is 0 Å². The Labute approximate surface area is 156 Å². The summed E-state index contributed by atoms with van der Waals surface area (Å²) in [6.45, 7) is 8.25. The Morgan fingerprint density at radius 3 is 2.23 bits per heavy atom. The molecule has 6 unspecified atom stereocenters. The van der Waals surface area contributed by atoms with E-state index in [9.17, 15) is 25.2 Å². The maximum absolute atomic E-state index is 12.3. The summed E-state index contributed by atoms with van der Waals surface area (Å²) in [5.41, 5.74) is 0. The fraction of sp³-hybridized carbons (Fsp3) is 0.947. The summed E-state index contributed by atoms with van der Waals surface area (Å²) in [7, 11) is 0. The van der Waals surface area contributed by atoms with Gasteiger partial charge in [-0.3, -0.25) is 10.1 Å². The third-order valence-corrected chi connectivity index (χ3v) is 4.94. The molecule has 0 spiro atoms. The molecular formula is C19H37NO6. The Kier molecular flexibility index (Phi) is 10.2. The van der Waals surface area contributed by atoms with Crippen LogP contribution in [-0.2, 0) is 9.53 Å². The van der Waals surface area contributed by atoms with Crippen LogP contribution in [-0.4, -0.2) is 70.0 Å². The third-order valence-electron chi connectivity index (χ3n) is 4.94. The SMILES string of the molecule is CC(C)CC(CCCCNC1OC(CO)C(O)C(O)C1O)C(=O)C(C)C. The predicted octanol–water partition coefficient (Wildman–Crippen LogP) is 0.434. The molecule has 26 heavy (non-hydrogen) atoms. The Morgan fingerprint density at radius 1 is 1.04 bits per heavy atom. The second-order valence-electron chi connectivity index (χ2n) is 8.08. The first-order valence-electron chi connectivity index (χ1n) is 9.76. The van der Waals surface area contributed by atoms with E-state index >= 15 is 0 Å². The molecule has 0 aromatic rings. The first kappa shape index (κ1) is 23.5. The van der Waals surface area contributed by atoms with Crippen LogP contribution >= 0.6 is 0 Å². The number of ether oxygens (including phenoxy) is 1. The van der Waals surface area contributed by atoms with Crippen molar-refractivity contribution in [1.82, 2.24) is 5.32 Å². The van der Waals surface area contributed by atoms with E-state index in [0.717, 1.165) is 25.7 Å². The zero-order valence-electron chi connectivity index (χ0n) is 16.5. The lowest BCUT2D eigenvalue weighted by Gasteiger charge is -2.40. The minimum atomic E-state index is -1.36. The van der Waals surface area contributed by atoms with Gasteiger partial charge in [0.1, 0.15) is 36.4 Å². The minimum absolute atomic E-state index is 0.0472. The van der Waals surface area contributed by atoms with Gasteiger partial charge >= 0.3 is 0 Å². The molecule has 1 saturated heterocycles. The number of carbonyl (C=O) groups is 1. The van der Waals surface area contributed by atoms with E-state index in [1.165, 1.54) is 0 Å². The lowest BCUT2D eigenvalue weighted by molar-refractivity contribution is -0.236. The Hall–Kier alpha value is -0.570. The minimum Gasteiger partial charge on any atom is -0.394 e. The quantitative estimate of drug-likeness (QED) is 0.332. The lowest BCUT2D eigenvalue weighted by Crippen LogP contribution is -2.62. The number of aliphatic hydroxyl groups is 4. The number of ketones is 1. The largest absolute Gasteiger partial charge is 0.394 e. The van der Waals surface area contributed by atoms with Crippen molar-refractivity contribution in [2.45, 2.75) is 84.0 Å². The number of nitrogens with one attached hydrogen (secondary N) is 1. The van der Waals surface area contributed by atoms with Gasteiger partial charge in [-0.1, -0.05) is 34.1 Å². The summed E-state index contributed by atoms with van der Waals surface area (Å²) in [6, 6.07) is 0. The molecule has 0 saturated carbocycles. The van der Waals surface area contributed by atoms with Gasteiger partial charge in [-0.25, -0.2) is 0 Å². The predicted molar refractivity (Wildman–Crippen MR) is 98.4 cm³/mol. The van der Waals surface area contributed by atoms with Crippen LogP contribution in [0.2, 0.25) is 0 Å². The number of carbonyl (C=O) groups excluding carboxylic acids is 1. The van der Waals surface area contributed by atoms with E-state index in [2.05, 4.69) is 19.2 Å². The Bertz CT molecular complexity index is 415. The molecule has 6 atom stereocenters. The van der Waals surface area contributed by atoms with E-state index in [1.807, 2.05) is 13.8 Å². The van der Waals surface area contributed by atoms with E-state index in [1.54, 1.807) is 0 Å². The summed E-state index contributed by atoms with van der Waals surface area (Å²) < 4.78 is 5.41. The van der Waals surface area contributed by atoms with Crippen molar-refractivity contribution in [2.24, 2.45) is 17.8 Å². The third kappa shape index (κ3) is 6.87. The molecule has 1 aliphatic rings. The highest BCUT2D eigenvalue weighted by atomic mass is 16.6. The van der Waals surface area contributed by atoms with Gasteiger partial charge in [0, 0.05) is 11.8 Å². The second kappa shape index (κ2) is 11.3. The topological polar surface area (TPSA) is 119 Å². The normalized spacial score (nSPS) is 30.8. The average molecular weight is 376 g/mol. The van der Waals surface area contributed by atoms with Gasteiger partial charge < -0.3 is 25.2 Å². The lowest BCUT2D eigenvalue weighted by atomic mass is 9.84. The number of rotatable bonds is 11. The molecule has 0 aromatic carbocycles. The Morgan fingerprint density at radius 2 is 1.69 bits per heavy atom. The standard InChI is InChI=1S/C19H37NO6/c1-11(2)9-13(15(22)12(3)4)7-5-6-8-20-19-18(25)17(24)16(23)14(10-21)26-19/h11-14,16-21,23-25H,5-10H2,1-4H3. The molecule has 5 N–H and O–H groups in total. The number of aliphatic hydroxyl groups excluding tert-OH is 4. The number of Topliss-reactive ketones (excluding diaryl/α,β-unsaturated/α-hetero) is 1. The van der Waals surface area contributed by atoms with Crippen LogP contribution < -0.4 is 5.32 Å². The van der Waals surface area contributed by atoms with Crippen molar-refractivity contribution < 1.29 is 30.0 Å². The van der Waals surface area contributed by atoms with Crippen LogP contribution in [0.1, 0.15) is 53.4 Å². The zero-order valence-corrected chi connectivity index (χ0v) is 16.5. The molecule has 0 amide bonds. The average Bonchev–Trinajstić information content (AvgIpc) is 2.59. The first-order valence-corrected chi connectivity index (χ1v) is 9.76. The van der Waals surface area contributed by atoms with Crippen LogP contribution in [0.5, 0.6) is 0 Å². The van der Waals surface area contributed by atoms with Crippen LogP contribution in [0.25, 0.3) is 0 Å². The van der Waals surface area contributed by atoms with Crippen molar-refractivity contribution in [3.05, 3.63) is 0 Å². The summed E-state index contributed by atoms with van der Waals surface area (Å²) in [4.78, 5) is 12.3. The molecule has 0 aromatic heterocycles. The number of unbranched alkanes of at least 4 members (excludes halogenated alkanes) is 1. The molecule has 1 heterocycles. The summed E-state index contributed by atoms with van der Waals surface area (Å²) >= 11 is 0. The summed E-state index contributed by atoms with van der Waals surface area (Å²) in [6.07, 6.45) is -2.29. The van der Waals surface area contributed by atoms with Crippen molar-refractivity contribution >= 4 is 5.78 Å². The maximum atomic E-state index is 12.3. The Balaban J connectivity index is 2.39. The van der Waals surface area contributed by atoms with Crippen molar-refractivity contribution in [3.63, 3.8) is 0 Å². The molecule has 0 aliphatic carbocycles. The van der Waals surface area contributed by atoms with Crippen molar-refractivity contribution in [2.75, 3.05) is 13.2 Å². The monoisotopic (exact) mass is 375 g/mol. The van der Waals surface area contributed by atoms with Gasteiger partial charge in [0.05, 0.1) is 6.61 Å². The molecule has 0 radical (unpaired) electrons. The van der Waals surface area contributed by atoms with Gasteiger partial charge in [-0.05, 0) is 31.7 Å². The molecule has 7 nitrogen and oxygen atoms in total.